The number of likely N-dealkylation sites (tertiary alicyclic amines) is 1. The van der Waals surface area contributed by atoms with E-state index in [1.807, 2.05) is 29.3 Å². The van der Waals surface area contributed by atoms with E-state index in [4.69, 9.17) is 11.6 Å². The normalized spacial score (nSPS) is 20.2. The molecule has 2 aromatic carbocycles. The summed E-state index contributed by atoms with van der Waals surface area (Å²) >= 11 is 6.24. The number of fused-ring (bicyclic) bond motifs is 1. The highest BCUT2D eigenvalue weighted by Gasteiger charge is 2.34. The number of para-hydroxylation sites is 1. The molecule has 2 aliphatic heterocycles. The number of hydrogen-bond acceptors (Lipinski definition) is 4. The molecular weight excluding hydrogens is 484 g/mol. The molecule has 0 N–H and O–H groups in total. The highest BCUT2D eigenvalue weighted by molar-refractivity contribution is 6.30. The van der Waals surface area contributed by atoms with Crippen LogP contribution in [0.2, 0.25) is 5.02 Å². The quantitative estimate of drug-likeness (QED) is 0.468. The van der Waals surface area contributed by atoms with Gasteiger partial charge >= 0.3 is 0 Å². The molecule has 2 amide bonds. The van der Waals surface area contributed by atoms with Crippen LogP contribution in [0.1, 0.15) is 50.3 Å². The number of amides is 2. The van der Waals surface area contributed by atoms with Crippen LogP contribution in [0.15, 0.2) is 60.8 Å². The molecule has 7 heteroatoms. The standard InChI is InChI=1S/C30H35ClN4O2/c1-21-20-34(17-18-35(21)29(37)19-23-12-15-33(16-13-23)22(2)36)30(24-7-9-25(31)10-8-24)27-11-14-32-28-6-4-3-5-26(27)28/h3-11,14,21,23,30H,12-13,15-20H2,1-2H3. The first-order valence-electron chi connectivity index (χ1n) is 13.3. The minimum Gasteiger partial charge on any atom is -0.343 e. The Kier molecular flexibility index (Phi) is 7.77. The van der Waals surface area contributed by atoms with E-state index in [1.54, 1.807) is 6.92 Å². The van der Waals surface area contributed by atoms with Crippen LogP contribution in [0.3, 0.4) is 0 Å². The van der Waals surface area contributed by atoms with Crippen molar-refractivity contribution in [2.45, 2.75) is 45.2 Å². The lowest BCUT2D eigenvalue weighted by Crippen LogP contribution is -2.55. The zero-order valence-electron chi connectivity index (χ0n) is 21.6. The predicted molar refractivity (Wildman–Crippen MR) is 147 cm³/mol. The Balaban J connectivity index is 1.33. The lowest BCUT2D eigenvalue weighted by molar-refractivity contribution is -0.137. The largest absolute Gasteiger partial charge is 0.343 e. The molecule has 5 rings (SSSR count). The molecule has 2 saturated heterocycles. The molecule has 3 heterocycles. The van der Waals surface area contributed by atoms with Crippen LogP contribution in [-0.2, 0) is 9.59 Å². The van der Waals surface area contributed by atoms with E-state index in [0.717, 1.165) is 54.9 Å². The summed E-state index contributed by atoms with van der Waals surface area (Å²) in [7, 11) is 0. The van der Waals surface area contributed by atoms with Gasteiger partial charge in [0.25, 0.3) is 0 Å². The Labute approximate surface area is 224 Å². The van der Waals surface area contributed by atoms with Gasteiger partial charge in [0.15, 0.2) is 0 Å². The molecule has 2 unspecified atom stereocenters. The topological polar surface area (TPSA) is 56.8 Å². The first-order chi connectivity index (χ1) is 17.9. The Hall–Kier alpha value is -2.96. The molecule has 2 fully saturated rings. The maximum atomic E-state index is 13.3. The summed E-state index contributed by atoms with van der Waals surface area (Å²) in [5.74, 6) is 0.732. The fourth-order valence-corrected chi connectivity index (χ4v) is 6.12. The van der Waals surface area contributed by atoms with Gasteiger partial charge in [-0.05, 0) is 61.1 Å². The Bertz CT molecular complexity index is 1250. The van der Waals surface area contributed by atoms with Crippen LogP contribution >= 0.6 is 11.6 Å². The van der Waals surface area contributed by atoms with E-state index in [0.29, 0.717) is 18.9 Å². The minimum absolute atomic E-state index is 0.0424. The second-order valence-electron chi connectivity index (χ2n) is 10.5. The summed E-state index contributed by atoms with van der Waals surface area (Å²) in [5, 5.41) is 1.87. The fourth-order valence-electron chi connectivity index (χ4n) is 6.00. The van der Waals surface area contributed by atoms with Crippen molar-refractivity contribution >= 4 is 34.3 Å². The third-order valence-electron chi connectivity index (χ3n) is 8.03. The van der Waals surface area contributed by atoms with Crippen molar-refractivity contribution in [1.29, 1.82) is 0 Å². The molecule has 0 bridgehead atoms. The summed E-state index contributed by atoms with van der Waals surface area (Å²) in [4.78, 5) is 36.0. The third kappa shape index (κ3) is 5.65. The first-order valence-corrected chi connectivity index (χ1v) is 13.7. The highest BCUT2D eigenvalue weighted by Crippen LogP contribution is 2.35. The molecule has 194 valence electrons. The van der Waals surface area contributed by atoms with Crippen molar-refractivity contribution in [2.24, 2.45) is 5.92 Å². The van der Waals surface area contributed by atoms with Gasteiger partial charge in [0, 0.05) is 68.7 Å². The number of rotatable bonds is 5. The SMILES string of the molecule is CC(=O)N1CCC(CC(=O)N2CCN(C(c3ccc(Cl)cc3)c3ccnc4ccccc34)CC2C)CC1. The van der Waals surface area contributed by atoms with Gasteiger partial charge in [0.1, 0.15) is 0 Å². The summed E-state index contributed by atoms with van der Waals surface area (Å²) in [5.41, 5.74) is 3.39. The zero-order chi connectivity index (χ0) is 25.9. The molecule has 0 aliphatic carbocycles. The van der Waals surface area contributed by atoms with E-state index in [1.165, 1.54) is 11.1 Å². The summed E-state index contributed by atoms with van der Waals surface area (Å²) in [6.07, 6.45) is 4.29. The maximum Gasteiger partial charge on any atom is 0.223 e. The number of carbonyl (C=O) groups is 2. The van der Waals surface area contributed by atoms with Crippen LogP contribution < -0.4 is 0 Å². The van der Waals surface area contributed by atoms with E-state index in [2.05, 4.69) is 58.1 Å². The number of pyridine rings is 1. The predicted octanol–water partition coefficient (Wildman–Crippen LogP) is 5.16. The number of benzene rings is 2. The summed E-state index contributed by atoms with van der Waals surface area (Å²) < 4.78 is 0. The smallest absolute Gasteiger partial charge is 0.223 e. The molecule has 2 atom stereocenters. The van der Waals surface area contributed by atoms with Crippen molar-refractivity contribution in [1.82, 2.24) is 19.7 Å². The molecular formula is C30H35ClN4O2. The van der Waals surface area contributed by atoms with Crippen LogP contribution in [0.5, 0.6) is 0 Å². The van der Waals surface area contributed by atoms with Crippen molar-refractivity contribution in [2.75, 3.05) is 32.7 Å². The zero-order valence-corrected chi connectivity index (χ0v) is 22.4. The maximum absolute atomic E-state index is 13.3. The van der Waals surface area contributed by atoms with Gasteiger partial charge in [-0.3, -0.25) is 19.5 Å². The van der Waals surface area contributed by atoms with Gasteiger partial charge < -0.3 is 9.80 Å². The van der Waals surface area contributed by atoms with E-state index in [9.17, 15) is 9.59 Å². The highest BCUT2D eigenvalue weighted by atomic mass is 35.5. The van der Waals surface area contributed by atoms with E-state index >= 15 is 0 Å². The molecule has 3 aromatic rings. The van der Waals surface area contributed by atoms with Crippen LogP contribution in [0.25, 0.3) is 10.9 Å². The minimum atomic E-state index is 0.0424. The van der Waals surface area contributed by atoms with Crippen molar-refractivity contribution in [3.05, 3.63) is 76.9 Å². The van der Waals surface area contributed by atoms with Crippen molar-refractivity contribution < 1.29 is 9.59 Å². The second-order valence-corrected chi connectivity index (χ2v) is 10.9. The number of piperidine rings is 1. The monoisotopic (exact) mass is 518 g/mol. The van der Waals surface area contributed by atoms with Gasteiger partial charge in [-0.25, -0.2) is 0 Å². The van der Waals surface area contributed by atoms with Gasteiger partial charge in [-0.15, -0.1) is 0 Å². The number of halogens is 1. The first kappa shape index (κ1) is 25.7. The van der Waals surface area contributed by atoms with Gasteiger partial charge in [-0.2, -0.15) is 0 Å². The number of nitrogens with zero attached hydrogens (tertiary/aromatic N) is 4. The van der Waals surface area contributed by atoms with Crippen LogP contribution in [-0.4, -0.2) is 70.3 Å². The number of piperazine rings is 1. The molecule has 2 aliphatic rings. The summed E-state index contributed by atoms with van der Waals surface area (Å²) in [6, 6.07) is 18.7. The molecule has 6 nitrogen and oxygen atoms in total. The number of aromatic nitrogens is 1. The molecule has 37 heavy (non-hydrogen) atoms. The fraction of sp³-hybridized carbons (Fsp3) is 0.433. The van der Waals surface area contributed by atoms with Gasteiger partial charge in [-0.1, -0.05) is 41.9 Å². The van der Waals surface area contributed by atoms with E-state index < -0.39 is 0 Å². The van der Waals surface area contributed by atoms with Gasteiger partial charge in [0.05, 0.1) is 11.6 Å². The average molecular weight is 519 g/mol. The van der Waals surface area contributed by atoms with E-state index in [-0.39, 0.29) is 23.9 Å². The molecule has 0 saturated carbocycles. The molecule has 1 aromatic heterocycles. The van der Waals surface area contributed by atoms with Gasteiger partial charge in [0.2, 0.25) is 11.8 Å². The molecule has 0 spiro atoms. The van der Waals surface area contributed by atoms with Crippen LogP contribution in [0, 0.1) is 5.92 Å². The number of carbonyl (C=O) groups excluding carboxylic acids is 2. The second kappa shape index (κ2) is 11.2. The number of hydrogen-bond donors (Lipinski definition) is 0. The third-order valence-corrected chi connectivity index (χ3v) is 8.28. The van der Waals surface area contributed by atoms with Crippen molar-refractivity contribution in [3.63, 3.8) is 0 Å². The summed E-state index contributed by atoms with van der Waals surface area (Å²) in [6.45, 7) is 7.60. The Morgan fingerprint density at radius 3 is 2.43 bits per heavy atom. The lowest BCUT2D eigenvalue weighted by Gasteiger charge is -2.44. The van der Waals surface area contributed by atoms with Crippen molar-refractivity contribution in [3.8, 4) is 0 Å². The Morgan fingerprint density at radius 1 is 1.00 bits per heavy atom. The Morgan fingerprint density at radius 2 is 1.73 bits per heavy atom. The average Bonchev–Trinajstić information content (AvgIpc) is 2.90. The van der Waals surface area contributed by atoms with Crippen LogP contribution in [0.4, 0.5) is 0 Å². The lowest BCUT2D eigenvalue weighted by atomic mass is 9.91. The molecule has 0 radical (unpaired) electrons.